The molecule has 25 heavy (non-hydrogen) atoms. The Kier molecular flexibility index (Phi) is 10.7. The van der Waals surface area contributed by atoms with Crippen molar-refractivity contribution in [3.05, 3.63) is 12.2 Å². The minimum Gasteiger partial charge on any atom is -0.307 e. The van der Waals surface area contributed by atoms with Gasteiger partial charge in [-0.3, -0.25) is 9.28 Å². The highest BCUT2D eigenvalue weighted by atomic mass is 16.1. The molecule has 1 heterocycles. The fraction of sp³-hybridized carbons (Fsp3) is 0.810. The lowest BCUT2D eigenvalue weighted by atomic mass is 10.1. The van der Waals surface area contributed by atoms with Crippen LogP contribution in [0.5, 0.6) is 0 Å². The van der Waals surface area contributed by atoms with Gasteiger partial charge >= 0.3 is 0 Å². The smallest absolute Gasteiger partial charge is 0.221 e. The first-order valence-corrected chi connectivity index (χ1v) is 10.4. The van der Waals surface area contributed by atoms with Crippen molar-refractivity contribution >= 4 is 12.1 Å². The third-order valence-corrected chi connectivity index (χ3v) is 5.54. The second-order valence-electron chi connectivity index (χ2n) is 7.40. The first kappa shape index (κ1) is 21.9. The number of nitrogens with one attached hydrogen (secondary N) is 1. The minimum atomic E-state index is 0.0508. The van der Waals surface area contributed by atoms with E-state index < -0.39 is 0 Å². The number of hydrogen-bond donors (Lipinski definition) is 1. The van der Waals surface area contributed by atoms with E-state index in [0.29, 0.717) is 6.17 Å². The molecular formula is C21H40N3O+. The molecule has 0 fully saturated rings. The third-order valence-electron chi connectivity index (χ3n) is 5.54. The lowest BCUT2D eigenvalue weighted by Crippen LogP contribution is -2.63. The molecule has 1 amide bonds. The number of nitrogens with zero attached hydrogens (tertiary/aromatic N) is 2. The predicted octanol–water partition coefficient (Wildman–Crippen LogP) is 4.80. The van der Waals surface area contributed by atoms with Gasteiger partial charge in [0.05, 0.1) is 12.8 Å². The average Bonchev–Trinajstić information content (AvgIpc) is 3.00. The van der Waals surface area contributed by atoms with Gasteiger partial charge in [0.2, 0.25) is 5.91 Å². The van der Waals surface area contributed by atoms with Crippen molar-refractivity contribution in [1.82, 2.24) is 5.32 Å². The van der Waals surface area contributed by atoms with Crippen LogP contribution in [0.15, 0.2) is 17.1 Å². The summed E-state index contributed by atoms with van der Waals surface area (Å²) in [5.74, 6) is 0.0508. The maximum Gasteiger partial charge on any atom is 0.221 e. The van der Waals surface area contributed by atoms with Crippen molar-refractivity contribution in [2.45, 2.75) is 97.8 Å². The second kappa shape index (κ2) is 12.2. The highest BCUT2D eigenvalue weighted by Crippen LogP contribution is 2.26. The van der Waals surface area contributed by atoms with E-state index >= 15 is 0 Å². The molecule has 0 aromatic carbocycles. The molecule has 1 N–H and O–H groups in total. The van der Waals surface area contributed by atoms with Gasteiger partial charge < -0.3 is 5.32 Å². The monoisotopic (exact) mass is 350 g/mol. The molecule has 4 heteroatoms. The first-order chi connectivity index (χ1) is 12.1. The van der Waals surface area contributed by atoms with Crippen molar-refractivity contribution in [2.75, 3.05) is 13.1 Å². The standard InChI is InChI=1S/C21H39N3O/c1-5-7-8-9-10-11-12-13-14-15-16-21-22-17-18-24(21,6-2)19(3)23-20(4)25/h10-11,17,19,21H,5-9,12-16,18H2,1-4H3/p+1/b11-10+. The van der Waals surface area contributed by atoms with Gasteiger partial charge in [-0.1, -0.05) is 38.3 Å². The van der Waals surface area contributed by atoms with Crippen molar-refractivity contribution in [1.29, 1.82) is 0 Å². The second-order valence-corrected chi connectivity index (χ2v) is 7.40. The molecule has 0 spiro atoms. The van der Waals surface area contributed by atoms with E-state index in [1.165, 1.54) is 51.4 Å². The number of allylic oxidation sites excluding steroid dienone is 2. The Morgan fingerprint density at radius 3 is 2.48 bits per heavy atom. The van der Waals surface area contributed by atoms with Crippen molar-refractivity contribution in [2.24, 2.45) is 4.99 Å². The quantitative estimate of drug-likeness (QED) is 0.289. The van der Waals surface area contributed by atoms with Crippen LogP contribution >= 0.6 is 0 Å². The summed E-state index contributed by atoms with van der Waals surface area (Å²) in [7, 11) is 0. The molecule has 0 radical (unpaired) electrons. The normalized spacial score (nSPS) is 24.1. The number of amides is 1. The molecule has 1 rings (SSSR count). The van der Waals surface area contributed by atoms with E-state index in [0.717, 1.165) is 24.0 Å². The van der Waals surface area contributed by atoms with E-state index in [1.807, 2.05) is 0 Å². The third kappa shape index (κ3) is 7.31. The highest BCUT2D eigenvalue weighted by Gasteiger charge is 2.42. The molecule has 4 nitrogen and oxygen atoms in total. The molecule has 0 aromatic heterocycles. The Hall–Kier alpha value is -1.16. The van der Waals surface area contributed by atoms with E-state index in [1.54, 1.807) is 6.92 Å². The summed E-state index contributed by atoms with van der Waals surface area (Å²) in [6.45, 7) is 10.1. The fourth-order valence-corrected chi connectivity index (χ4v) is 3.87. The Morgan fingerprint density at radius 1 is 1.20 bits per heavy atom. The lowest BCUT2D eigenvalue weighted by molar-refractivity contribution is -0.959. The number of carbonyl (C=O) groups excluding carboxylic acids is 1. The maximum atomic E-state index is 11.5. The summed E-state index contributed by atoms with van der Waals surface area (Å²) in [6, 6.07) is 0. The van der Waals surface area contributed by atoms with Gasteiger partial charge in [-0.15, -0.1) is 0 Å². The zero-order chi connectivity index (χ0) is 18.5. The number of carbonyl (C=O) groups is 1. The summed E-state index contributed by atoms with van der Waals surface area (Å²) >= 11 is 0. The summed E-state index contributed by atoms with van der Waals surface area (Å²) in [6.07, 6.45) is 18.5. The molecule has 0 aliphatic carbocycles. The van der Waals surface area contributed by atoms with Crippen molar-refractivity contribution < 1.29 is 9.28 Å². The Labute approximate surface area is 155 Å². The Morgan fingerprint density at radius 2 is 1.88 bits per heavy atom. The van der Waals surface area contributed by atoms with E-state index in [9.17, 15) is 4.79 Å². The zero-order valence-corrected chi connectivity index (χ0v) is 17.0. The predicted molar refractivity (Wildman–Crippen MR) is 108 cm³/mol. The molecule has 0 bridgehead atoms. The van der Waals surface area contributed by atoms with Gasteiger partial charge in [-0.05, 0) is 39.0 Å². The minimum absolute atomic E-state index is 0.0508. The molecule has 1 aliphatic rings. The van der Waals surface area contributed by atoms with E-state index in [4.69, 9.17) is 4.99 Å². The zero-order valence-electron chi connectivity index (χ0n) is 17.0. The fourth-order valence-electron chi connectivity index (χ4n) is 3.87. The van der Waals surface area contributed by atoms with Crippen LogP contribution in [0.4, 0.5) is 0 Å². The van der Waals surface area contributed by atoms with Crippen molar-refractivity contribution in [3.8, 4) is 0 Å². The van der Waals surface area contributed by atoms with E-state index in [-0.39, 0.29) is 12.1 Å². The van der Waals surface area contributed by atoms with Crippen LogP contribution in [0, 0.1) is 0 Å². The number of quaternary nitrogens is 1. The van der Waals surface area contributed by atoms with Crippen LogP contribution in [-0.2, 0) is 4.79 Å². The number of aliphatic imine (C=N–C) groups is 1. The first-order valence-electron chi connectivity index (χ1n) is 10.4. The Balaban J connectivity index is 2.28. The molecule has 3 unspecified atom stereocenters. The van der Waals surface area contributed by atoms with Gasteiger partial charge in [-0.25, -0.2) is 4.99 Å². The average molecular weight is 351 g/mol. The Bertz CT molecular complexity index is 433. The summed E-state index contributed by atoms with van der Waals surface area (Å²) in [5.41, 5.74) is 0. The molecule has 144 valence electrons. The SMILES string of the molecule is CCCCC/C=C/CCCCCC1N=CC[N+]1(CC)C(C)NC(C)=O. The van der Waals surface area contributed by atoms with Gasteiger partial charge in [0.15, 0.2) is 12.3 Å². The molecule has 1 aliphatic heterocycles. The van der Waals surface area contributed by atoms with Crippen LogP contribution in [0.2, 0.25) is 0 Å². The topological polar surface area (TPSA) is 41.5 Å². The molecule has 0 aromatic rings. The maximum absolute atomic E-state index is 11.5. The molecule has 3 atom stereocenters. The van der Waals surface area contributed by atoms with Crippen LogP contribution in [0.1, 0.15) is 85.5 Å². The largest absolute Gasteiger partial charge is 0.307 e. The van der Waals surface area contributed by atoms with Crippen LogP contribution in [0.3, 0.4) is 0 Å². The number of rotatable bonds is 13. The molecule has 0 saturated heterocycles. The lowest BCUT2D eigenvalue weighted by Gasteiger charge is -2.42. The van der Waals surface area contributed by atoms with Crippen LogP contribution in [-0.4, -0.2) is 42.0 Å². The number of unbranched alkanes of at least 4 members (excludes halogenated alkanes) is 6. The summed E-state index contributed by atoms with van der Waals surface area (Å²) in [5, 5.41) is 3.09. The van der Waals surface area contributed by atoms with Crippen LogP contribution < -0.4 is 5.32 Å². The van der Waals surface area contributed by atoms with Gasteiger partial charge in [0.25, 0.3) is 0 Å². The van der Waals surface area contributed by atoms with Gasteiger partial charge in [-0.2, -0.15) is 0 Å². The number of hydrogen-bond acceptors (Lipinski definition) is 2. The van der Waals surface area contributed by atoms with Gasteiger partial charge in [0.1, 0.15) is 6.54 Å². The van der Waals surface area contributed by atoms with Gasteiger partial charge in [0, 0.05) is 20.3 Å². The highest BCUT2D eigenvalue weighted by molar-refractivity contribution is 5.73. The van der Waals surface area contributed by atoms with Crippen molar-refractivity contribution in [3.63, 3.8) is 0 Å². The molecule has 0 saturated carbocycles. The van der Waals surface area contributed by atoms with E-state index in [2.05, 4.69) is 44.5 Å². The summed E-state index contributed by atoms with van der Waals surface area (Å²) < 4.78 is 0.872. The molecular weight excluding hydrogens is 310 g/mol. The summed E-state index contributed by atoms with van der Waals surface area (Å²) in [4.78, 5) is 16.2. The van der Waals surface area contributed by atoms with Crippen LogP contribution in [0.25, 0.3) is 0 Å².